The molecule has 3 nitrogen and oxygen atoms in total. The molecule has 1 aromatic rings. The summed E-state index contributed by atoms with van der Waals surface area (Å²) in [5.41, 5.74) is 0.891. The Kier molecular flexibility index (Phi) is 4.89. The third-order valence-corrected chi connectivity index (χ3v) is 3.37. The lowest BCUT2D eigenvalue weighted by atomic mass is 10.2. The fourth-order valence-corrected chi connectivity index (χ4v) is 1.86. The van der Waals surface area contributed by atoms with Gasteiger partial charge in [0.1, 0.15) is 12.4 Å². The van der Waals surface area contributed by atoms with Gasteiger partial charge in [0.2, 0.25) is 0 Å². The zero-order chi connectivity index (χ0) is 12.2. The van der Waals surface area contributed by atoms with E-state index in [0.717, 1.165) is 11.8 Å². The standard InChI is InChI=1S/C10H12Cl2O3S/c1-16(13,14)5-4-15-10-3-2-8(7-11)6-9(10)12/h2-3,6H,4-5,7H2,1H3. The van der Waals surface area contributed by atoms with Crippen molar-refractivity contribution in [2.45, 2.75) is 5.88 Å². The first-order valence-electron chi connectivity index (χ1n) is 4.57. The molecule has 0 amide bonds. The van der Waals surface area contributed by atoms with Crippen LogP contribution in [0.15, 0.2) is 18.2 Å². The number of alkyl halides is 1. The lowest BCUT2D eigenvalue weighted by Crippen LogP contribution is -2.12. The Hall–Kier alpha value is -0.450. The quantitative estimate of drug-likeness (QED) is 0.780. The van der Waals surface area contributed by atoms with Gasteiger partial charge in [0.25, 0.3) is 0 Å². The van der Waals surface area contributed by atoms with Gasteiger partial charge in [0.15, 0.2) is 9.84 Å². The summed E-state index contributed by atoms with van der Waals surface area (Å²) in [5, 5.41) is 0.437. The molecule has 0 saturated heterocycles. The normalized spacial score (nSPS) is 11.4. The summed E-state index contributed by atoms with van der Waals surface area (Å²) in [4.78, 5) is 0. The summed E-state index contributed by atoms with van der Waals surface area (Å²) < 4.78 is 27.0. The van der Waals surface area contributed by atoms with E-state index in [0.29, 0.717) is 16.7 Å². The van der Waals surface area contributed by atoms with Gasteiger partial charge in [-0.15, -0.1) is 11.6 Å². The van der Waals surface area contributed by atoms with Crippen LogP contribution in [0.5, 0.6) is 5.75 Å². The molecule has 16 heavy (non-hydrogen) atoms. The molecule has 0 atom stereocenters. The largest absolute Gasteiger partial charge is 0.491 e. The van der Waals surface area contributed by atoms with Crippen LogP contribution in [-0.4, -0.2) is 27.0 Å². The van der Waals surface area contributed by atoms with Gasteiger partial charge >= 0.3 is 0 Å². The lowest BCUT2D eigenvalue weighted by molar-refractivity contribution is 0.341. The Morgan fingerprint density at radius 3 is 2.56 bits per heavy atom. The van der Waals surface area contributed by atoms with Crippen LogP contribution in [0.1, 0.15) is 5.56 Å². The summed E-state index contributed by atoms with van der Waals surface area (Å²) in [5.74, 6) is 0.823. The predicted molar refractivity (Wildman–Crippen MR) is 66.2 cm³/mol. The average molecular weight is 283 g/mol. The number of hydrogen-bond acceptors (Lipinski definition) is 3. The second kappa shape index (κ2) is 5.75. The van der Waals surface area contributed by atoms with Crippen molar-refractivity contribution in [1.29, 1.82) is 0 Å². The van der Waals surface area contributed by atoms with E-state index >= 15 is 0 Å². The highest BCUT2D eigenvalue weighted by Gasteiger charge is 2.05. The average Bonchev–Trinajstić information content (AvgIpc) is 2.18. The Labute approximate surface area is 105 Å². The Morgan fingerprint density at radius 2 is 2.06 bits per heavy atom. The Balaban J connectivity index is 2.61. The molecule has 0 unspecified atom stereocenters. The molecule has 0 aromatic heterocycles. The van der Waals surface area contributed by atoms with Crippen molar-refractivity contribution in [2.75, 3.05) is 18.6 Å². The van der Waals surface area contributed by atoms with Gasteiger partial charge in [-0.1, -0.05) is 17.7 Å². The molecule has 0 aliphatic carbocycles. The van der Waals surface area contributed by atoms with Gasteiger partial charge in [-0.05, 0) is 17.7 Å². The van der Waals surface area contributed by atoms with Gasteiger partial charge in [-0.3, -0.25) is 0 Å². The number of hydrogen-bond donors (Lipinski definition) is 0. The first kappa shape index (κ1) is 13.6. The van der Waals surface area contributed by atoms with E-state index in [9.17, 15) is 8.42 Å². The minimum absolute atomic E-state index is 0.0272. The van der Waals surface area contributed by atoms with Crippen molar-refractivity contribution in [2.24, 2.45) is 0 Å². The second-order valence-electron chi connectivity index (χ2n) is 3.38. The van der Waals surface area contributed by atoms with E-state index in [2.05, 4.69) is 0 Å². The van der Waals surface area contributed by atoms with Crippen molar-refractivity contribution in [3.8, 4) is 5.75 Å². The van der Waals surface area contributed by atoms with E-state index in [1.54, 1.807) is 18.2 Å². The monoisotopic (exact) mass is 282 g/mol. The fourth-order valence-electron chi connectivity index (χ4n) is 1.05. The van der Waals surface area contributed by atoms with Gasteiger partial charge in [-0.2, -0.15) is 0 Å². The molecule has 0 spiro atoms. The summed E-state index contributed by atoms with van der Waals surface area (Å²) in [6.07, 6.45) is 1.16. The molecule has 0 N–H and O–H groups in total. The summed E-state index contributed by atoms with van der Waals surface area (Å²) in [7, 11) is -3.01. The van der Waals surface area contributed by atoms with Crippen LogP contribution in [0.2, 0.25) is 5.02 Å². The molecule has 1 aromatic carbocycles. The SMILES string of the molecule is CS(=O)(=O)CCOc1ccc(CCl)cc1Cl. The molecule has 90 valence electrons. The maximum Gasteiger partial charge on any atom is 0.150 e. The zero-order valence-corrected chi connectivity index (χ0v) is 11.1. The molecule has 0 aliphatic rings. The smallest absolute Gasteiger partial charge is 0.150 e. The molecule has 0 bridgehead atoms. The maximum absolute atomic E-state index is 10.9. The number of sulfone groups is 1. The van der Waals surface area contributed by atoms with Crippen LogP contribution in [0.25, 0.3) is 0 Å². The van der Waals surface area contributed by atoms with Crippen LogP contribution < -0.4 is 4.74 Å². The topological polar surface area (TPSA) is 43.4 Å². The Bertz CT molecular complexity index is 457. The van der Waals surface area contributed by atoms with Crippen LogP contribution in [0.4, 0.5) is 0 Å². The third-order valence-electron chi connectivity index (χ3n) is 1.86. The molecule has 0 fully saturated rings. The minimum Gasteiger partial charge on any atom is -0.491 e. The summed E-state index contributed by atoms with van der Waals surface area (Å²) in [6, 6.07) is 5.17. The molecule has 6 heteroatoms. The minimum atomic E-state index is -3.01. The first-order chi connectivity index (χ1) is 7.42. The van der Waals surface area contributed by atoms with Crippen LogP contribution in [0, 0.1) is 0 Å². The van der Waals surface area contributed by atoms with E-state index in [1.165, 1.54) is 0 Å². The highest BCUT2D eigenvalue weighted by molar-refractivity contribution is 7.90. The van der Waals surface area contributed by atoms with E-state index in [4.69, 9.17) is 27.9 Å². The summed E-state index contributed by atoms with van der Waals surface area (Å²) in [6.45, 7) is 0.0960. The van der Waals surface area contributed by atoms with Gasteiger partial charge in [-0.25, -0.2) is 8.42 Å². The van der Waals surface area contributed by atoms with Crippen LogP contribution in [-0.2, 0) is 15.7 Å². The molecule has 1 rings (SSSR count). The lowest BCUT2D eigenvalue weighted by Gasteiger charge is -2.08. The van der Waals surface area contributed by atoms with Crippen molar-refractivity contribution < 1.29 is 13.2 Å². The van der Waals surface area contributed by atoms with Crippen LogP contribution in [0.3, 0.4) is 0 Å². The van der Waals surface area contributed by atoms with Crippen molar-refractivity contribution in [3.05, 3.63) is 28.8 Å². The highest BCUT2D eigenvalue weighted by atomic mass is 35.5. The maximum atomic E-state index is 10.9. The second-order valence-corrected chi connectivity index (χ2v) is 6.31. The first-order valence-corrected chi connectivity index (χ1v) is 7.54. The molecular formula is C10H12Cl2O3S. The molecular weight excluding hydrogens is 271 g/mol. The van der Waals surface area contributed by atoms with Crippen molar-refractivity contribution >= 4 is 33.0 Å². The van der Waals surface area contributed by atoms with E-state index < -0.39 is 9.84 Å². The Morgan fingerprint density at radius 1 is 1.38 bits per heavy atom. The van der Waals surface area contributed by atoms with Crippen molar-refractivity contribution in [3.63, 3.8) is 0 Å². The molecule has 0 heterocycles. The number of ether oxygens (including phenoxy) is 1. The molecule has 0 aliphatic heterocycles. The van der Waals surface area contributed by atoms with E-state index in [-0.39, 0.29) is 12.4 Å². The highest BCUT2D eigenvalue weighted by Crippen LogP contribution is 2.25. The number of benzene rings is 1. The fraction of sp³-hybridized carbons (Fsp3) is 0.400. The van der Waals surface area contributed by atoms with E-state index in [1.807, 2.05) is 0 Å². The summed E-state index contributed by atoms with van der Waals surface area (Å²) >= 11 is 11.6. The molecule has 0 saturated carbocycles. The predicted octanol–water partition coefficient (Wildman–Crippen LogP) is 2.50. The number of halogens is 2. The number of rotatable bonds is 5. The van der Waals surface area contributed by atoms with Gasteiger partial charge in [0, 0.05) is 12.1 Å². The van der Waals surface area contributed by atoms with Gasteiger partial charge < -0.3 is 4.74 Å². The zero-order valence-electron chi connectivity index (χ0n) is 8.74. The molecule has 0 radical (unpaired) electrons. The third kappa shape index (κ3) is 4.60. The van der Waals surface area contributed by atoms with Crippen molar-refractivity contribution in [1.82, 2.24) is 0 Å². The van der Waals surface area contributed by atoms with Gasteiger partial charge in [0.05, 0.1) is 10.8 Å². The van der Waals surface area contributed by atoms with Crippen LogP contribution >= 0.6 is 23.2 Å².